The minimum absolute atomic E-state index is 0.0740. The predicted molar refractivity (Wildman–Crippen MR) is 185 cm³/mol. The number of carbonyl (C=O) groups excluding carboxylic acids is 2. The number of nitrogens with zero attached hydrogens (tertiary/aromatic N) is 6. The Morgan fingerprint density at radius 1 is 1.02 bits per heavy atom. The standard InChI is InChI=1S/C37H39N7O5/c1-24-4-10-29(20-30(24)33(38)28-9-11-31(48-3)39-21-28)44-19-15-37(35(44)46)14-18-42(23-37)22-32(45)43-16-12-26(13-17-43)25-5-7-27(8-6-25)34-40-41(2)36(47)49-34/h4-12,20-21,38H,13-19,22-23H2,1-3H3/t37-/m0/s1. The van der Waals surface area contributed by atoms with Crippen molar-refractivity contribution in [2.24, 2.45) is 12.5 Å². The normalized spacial score (nSPS) is 19.5. The number of hydrogen-bond donors (Lipinski definition) is 1. The van der Waals surface area contributed by atoms with Crippen LogP contribution >= 0.6 is 0 Å². The van der Waals surface area contributed by atoms with E-state index < -0.39 is 11.2 Å². The summed E-state index contributed by atoms with van der Waals surface area (Å²) in [7, 11) is 3.11. The van der Waals surface area contributed by atoms with E-state index in [2.05, 4.69) is 21.1 Å². The fourth-order valence-corrected chi connectivity index (χ4v) is 7.13. The van der Waals surface area contributed by atoms with E-state index in [-0.39, 0.29) is 17.7 Å². The number of rotatable bonds is 8. The quantitative estimate of drug-likeness (QED) is 0.281. The van der Waals surface area contributed by atoms with Crippen LogP contribution in [0.15, 0.2) is 76.1 Å². The van der Waals surface area contributed by atoms with E-state index in [4.69, 9.17) is 14.6 Å². The van der Waals surface area contributed by atoms with Gasteiger partial charge in [0.05, 0.1) is 24.8 Å². The van der Waals surface area contributed by atoms with Gasteiger partial charge in [-0.15, -0.1) is 5.10 Å². The van der Waals surface area contributed by atoms with Gasteiger partial charge in [0.2, 0.25) is 23.6 Å². The molecule has 0 bridgehead atoms. The summed E-state index contributed by atoms with van der Waals surface area (Å²) in [5, 5.41) is 13.0. The van der Waals surface area contributed by atoms with Crippen LogP contribution in [-0.2, 0) is 16.6 Å². The van der Waals surface area contributed by atoms with Crippen molar-refractivity contribution in [3.8, 4) is 17.3 Å². The molecular formula is C37H39N7O5. The van der Waals surface area contributed by atoms with Gasteiger partial charge >= 0.3 is 5.76 Å². The molecule has 0 radical (unpaired) electrons. The molecule has 2 aromatic carbocycles. The Morgan fingerprint density at radius 2 is 1.80 bits per heavy atom. The van der Waals surface area contributed by atoms with Crippen molar-refractivity contribution in [2.75, 3.05) is 51.3 Å². The van der Waals surface area contributed by atoms with Gasteiger partial charge in [0, 0.05) is 67.9 Å². The highest BCUT2D eigenvalue weighted by Crippen LogP contribution is 2.42. The van der Waals surface area contributed by atoms with Crippen LogP contribution in [0.4, 0.5) is 5.69 Å². The van der Waals surface area contributed by atoms with Crippen LogP contribution in [0, 0.1) is 17.7 Å². The van der Waals surface area contributed by atoms with Gasteiger partial charge in [-0.2, -0.15) is 4.68 Å². The van der Waals surface area contributed by atoms with Crippen molar-refractivity contribution >= 4 is 28.8 Å². The SMILES string of the molecule is COc1ccc(C(=N)c2cc(N3CC[C@]4(CCN(CC(=O)N5CC=C(c6ccc(-c7nn(C)c(=O)o7)cc6)CC5)C4)C3=O)ccc2C)cn1. The number of aryl methyl sites for hydroxylation is 2. The summed E-state index contributed by atoms with van der Waals surface area (Å²) in [6.07, 6.45) is 5.93. The second kappa shape index (κ2) is 12.9. The van der Waals surface area contributed by atoms with Crippen LogP contribution in [0.2, 0.25) is 0 Å². The first-order valence-electron chi connectivity index (χ1n) is 16.5. The van der Waals surface area contributed by atoms with Gasteiger partial charge in [-0.05, 0) is 79.8 Å². The molecule has 7 rings (SSSR count). The number of pyridine rings is 1. The number of hydrogen-bond acceptors (Lipinski definition) is 9. The molecule has 12 nitrogen and oxygen atoms in total. The number of anilines is 1. The predicted octanol–water partition coefficient (Wildman–Crippen LogP) is 3.91. The highest BCUT2D eigenvalue weighted by molar-refractivity contribution is 6.12. The van der Waals surface area contributed by atoms with Crippen molar-refractivity contribution in [1.29, 1.82) is 5.41 Å². The molecule has 5 heterocycles. The van der Waals surface area contributed by atoms with E-state index in [0.29, 0.717) is 56.4 Å². The molecule has 2 saturated heterocycles. The number of likely N-dealkylation sites (tertiary alicyclic amines) is 1. The van der Waals surface area contributed by atoms with Crippen LogP contribution in [0.25, 0.3) is 17.0 Å². The number of benzene rings is 2. The summed E-state index contributed by atoms with van der Waals surface area (Å²) in [4.78, 5) is 49.1. The molecule has 2 fully saturated rings. The topological polar surface area (TPSA) is 138 Å². The minimum atomic E-state index is -0.502. The number of methoxy groups -OCH3 is 1. The van der Waals surface area contributed by atoms with Crippen LogP contribution in [0.1, 0.15) is 41.5 Å². The number of carbonyl (C=O) groups is 2. The Labute approximate surface area is 284 Å². The van der Waals surface area contributed by atoms with E-state index in [0.717, 1.165) is 47.2 Å². The Kier molecular flexibility index (Phi) is 8.49. The van der Waals surface area contributed by atoms with E-state index >= 15 is 0 Å². The summed E-state index contributed by atoms with van der Waals surface area (Å²) < 4.78 is 11.5. The lowest BCUT2D eigenvalue weighted by atomic mass is 9.85. The van der Waals surface area contributed by atoms with Gasteiger partial charge in [0.25, 0.3) is 0 Å². The van der Waals surface area contributed by atoms with Crippen LogP contribution in [0.3, 0.4) is 0 Å². The van der Waals surface area contributed by atoms with Gasteiger partial charge in [-0.3, -0.25) is 19.9 Å². The van der Waals surface area contributed by atoms with Crippen LogP contribution in [0.5, 0.6) is 5.88 Å². The lowest BCUT2D eigenvalue weighted by molar-refractivity contribution is -0.132. The van der Waals surface area contributed by atoms with E-state index in [1.165, 1.54) is 10.3 Å². The molecule has 0 unspecified atom stereocenters. The van der Waals surface area contributed by atoms with Gasteiger partial charge in [-0.25, -0.2) is 9.78 Å². The Morgan fingerprint density at radius 3 is 2.47 bits per heavy atom. The number of ether oxygens (including phenoxy) is 1. The highest BCUT2D eigenvalue weighted by atomic mass is 16.5. The molecule has 2 amide bonds. The molecule has 0 aliphatic carbocycles. The number of aromatic nitrogens is 3. The maximum Gasteiger partial charge on any atom is 0.437 e. The number of nitrogens with one attached hydrogen (secondary N) is 1. The Hall–Kier alpha value is -5.36. The maximum absolute atomic E-state index is 14.0. The first-order chi connectivity index (χ1) is 23.6. The summed E-state index contributed by atoms with van der Waals surface area (Å²) in [6.45, 7) is 5.31. The molecule has 12 heteroatoms. The van der Waals surface area contributed by atoms with Gasteiger partial charge in [0.15, 0.2) is 0 Å². The first-order valence-corrected chi connectivity index (χ1v) is 16.5. The van der Waals surface area contributed by atoms with Gasteiger partial charge in [-0.1, -0.05) is 24.3 Å². The zero-order chi connectivity index (χ0) is 34.3. The van der Waals surface area contributed by atoms with Gasteiger partial charge < -0.3 is 19.0 Å². The molecule has 252 valence electrons. The molecule has 0 saturated carbocycles. The first kappa shape index (κ1) is 32.2. The smallest absolute Gasteiger partial charge is 0.437 e. The zero-order valence-electron chi connectivity index (χ0n) is 27.9. The average molecular weight is 662 g/mol. The third-order valence-corrected chi connectivity index (χ3v) is 10.1. The summed E-state index contributed by atoms with van der Waals surface area (Å²) in [6, 6.07) is 17.1. The van der Waals surface area contributed by atoms with Gasteiger partial charge in [0.1, 0.15) is 0 Å². The van der Waals surface area contributed by atoms with Crippen molar-refractivity contribution in [3.63, 3.8) is 0 Å². The molecule has 1 N–H and O–H groups in total. The van der Waals surface area contributed by atoms with E-state index in [1.807, 2.05) is 65.3 Å². The van der Waals surface area contributed by atoms with Crippen molar-refractivity contribution in [2.45, 2.75) is 26.2 Å². The Bertz CT molecular complexity index is 2010. The maximum atomic E-state index is 14.0. The third-order valence-electron chi connectivity index (χ3n) is 10.1. The minimum Gasteiger partial charge on any atom is -0.481 e. The van der Waals surface area contributed by atoms with Crippen molar-refractivity contribution in [3.05, 3.63) is 99.7 Å². The molecule has 3 aliphatic heterocycles. The van der Waals surface area contributed by atoms with E-state index in [1.54, 1.807) is 26.4 Å². The molecule has 4 aromatic rings. The third kappa shape index (κ3) is 6.19. The molecule has 2 aromatic heterocycles. The number of amides is 2. The summed E-state index contributed by atoms with van der Waals surface area (Å²) >= 11 is 0. The molecular weight excluding hydrogens is 622 g/mol. The lowest BCUT2D eigenvalue weighted by Crippen LogP contribution is -2.43. The zero-order valence-corrected chi connectivity index (χ0v) is 27.9. The van der Waals surface area contributed by atoms with Crippen LogP contribution in [-0.4, -0.2) is 88.5 Å². The Balaban J connectivity index is 0.955. The molecule has 3 aliphatic rings. The van der Waals surface area contributed by atoms with E-state index in [9.17, 15) is 14.4 Å². The van der Waals surface area contributed by atoms with Crippen molar-refractivity contribution in [1.82, 2.24) is 24.6 Å². The fourth-order valence-electron chi connectivity index (χ4n) is 7.13. The summed E-state index contributed by atoms with van der Waals surface area (Å²) in [5.41, 5.74) is 5.98. The molecule has 1 atom stereocenters. The second-order valence-corrected chi connectivity index (χ2v) is 13.1. The average Bonchev–Trinajstić information content (AvgIpc) is 3.80. The van der Waals surface area contributed by atoms with Crippen molar-refractivity contribution < 1.29 is 18.7 Å². The fraction of sp³-hybridized carbons (Fsp3) is 0.351. The lowest BCUT2D eigenvalue weighted by Gasteiger charge is -2.29. The second-order valence-electron chi connectivity index (χ2n) is 13.1. The summed E-state index contributed by atoms with van der Waals surface area (Å²) in [5.74, 6) is 0.442. The highest BCUT2D eigenvalue weighted by Gasteiger charge is 2.51. The molecule has 49 heavy (non-hydrogen) atoms. The van der Waals surface area contributed by atoms with Crippen LogP contribution < -0.4 is 15.4 Å². The molecule has 1 spiro atoms. The largest absolute Gasteiger partial charge is 0.481 e. The monoisotopic (exact) mass is 661 g/mol.